The van der Waals surface area contributed by atoms with E-state index in [1.165, 1.54) is 5.56 Å². The number of aryl methyl sites for hydroxylation is 1. The second-order valence-corrected chi connectivity index (χ2v) is 5.71. The van der Waals surface area contributed by atoms with Crippen LogP contribution >= 0.6 is 11.8 Å². The predicted octanol–water partition coefficient (Wildman–Crippen LogP) is 3.04. The molecule has 20 heavy (non-hydrogen) atoms. The Hall–Kier alpha value is -1.33. The number of nitrogens with zero attached hydrogens (tertiary/aromatic N) is 2. The van der Waals surface area contributed by atoms with Gasteiger partial charge in [-0.3, -0.25) is 0 Å². The Kier molecular flexibility index (Phi) is 6.08. The van der Waals surface area contributed by atoms with Gasteiger partial charge in [-0.2, -0.15) is 16.7 Å². The summed E-state index contributed by atoms with van der Waals surface area (Å²) in [5.41, 5.74) is 1.38. The molecule has 0 spiro atoms. The zero-order chi connectivity index (χ0) is 14.2. The Morgan fingerprint density at radius 2 is 2.10 bits per heavy atom. The van der Waals surface area contributed by atoms with E-state index >= 15 is 0 Å². The Morgan fingerprint density at radius 3 is 2.85 bits per heavy atom. The molecule has 0 fully saturated rings. The van der Waals surface area contributed by atoms with E-state index in [1.54, 1.807) is 11.8 Å². The van der Waals surface area contributed by atoms with Crippen molar-refractivity contribution in [1.29, 1.82) is 0 Å². The molecule has 0 radical (unpaired) electrons. The van der Waals surface area contributed by atoms with Gasteiger partial charge in [-0.05, 0) is 31.6 Å². The van der Waals surface area contributed by atoms with Crippen molar-refractivity contribution in [1.82, 2.24) is 15.5 Å². The third kappa shape index (κ3) is 4.98. The van der Waals surface area contributed by atoms with Gasteiger partial charge in [0.25, 0.3) is 0 Å². The first-order valence-corrected chi connectivity index (χ1v) is 8.25. The minimum atomic E-state index is 0.422. The molecular formula is C15H21N3OS. The number of hydrogen-bond donors (Lipinski definition) is 1. The standard InChI is InChI=1S/C15H21N3OS/c1-12(8-9-13-6-4-3-5-7-13)16-10-15-17-14(11-20-2)18-19-15/h3-7,12,16H,8-11H2,1-2H3/t12-/m1/s1. The summed E-state index contributed by atoms with van der Waals surface area (Å²) in [6, 6.07) is 11.0. The van der Waals surface area contributed by atoms with Crippen LogP contribution in [0.4, 0.5) is 0 Å². The maximum Gasteiger partial charge on any atom is 0.240 e. The van der Waals surface area contributed by atoms with Crippen LogP contribution in [0.5, 0.6) is 0 Å². The van der Waals surface area contributed by atoms with Gasteiger partial charge >= 0.3 is 0 Å². The van der Waals surface area contributed by atoms with Crippen molar-refractivity contribution in [2.24, 2.45) is 0 Å². The molecule has 4 nitrogen and oxygen atoms in total. The van der Waals surface area contributed by atoms with Gasteiger partial charge < -0.3 is 9.84 Å². The Labute approximate surface area is 124 Å². The molecule has 108 valence electrons. The number of aromatic nitrogens is 2. The molecule has 5 heteroatoms. The Bertz CT molecular complexity index is 501. The quantitative estimate of drug-likeness (QED) is 0.810. The van der Waals surface area contributed by atoms with Crippen LogP contribution < -0.4 is 5.32 Å². The largest absolute Gasteiger partial charge is 0.338 e. The summed E-state index contributed by atoms with van der Waals surface area (Å²) >= 11 is 1.69. The van der Waals surface area contributed by atoms with Crippen molar-refractivity contribution < 1.29 is 4.52 Å². The van der Waals surface area contributed by atoms with Gasteiger partial charge in [-0.1, -0.05) is 35.5 Å². The van der Waals surface area contributed by atoms with Crippen molar-refractivity contribution in [3.63, 3.8) is 0 Å². The van der Waals surface area contributed by atoms with Crippen LogP contribution in [0, 0.1) is 0 Å². The van der Waals surface area contributed by atoms with Gasteiger partial charge in [-0.25, -0.2) is 0 Å². The monoisotopic (exact) mass is 291 g/mol. The highest BCUT2D eigenvalue weighted by Gasteiger charge is 2.07. The molecule has 1 heterocycles. The third-order valence-electron chi connectivity index (χ3n) is 3.09. The highest BCUT2D eigenvalue weighted by Crippen LogP contribution is 2.07. The van der Waals surface area contributed by atoms with Gasteiger partial charge in [-0.15, -0.1) is 0 Å². The molecule has 1 N–H and O–H groups in total. The van der Waals surface area contributed by atoms with Crippen LogP contribution in [-0.4, -0.2) is 22.4 Å². The van der Waals surface area contributed by atoms with Crippen molar-refractivity contribution in [2.45, 2.75) is 38.1 Å². The van der Waals surface area contributed by atoms with Crippen LogP contribution in [0.2, 0.25) is 0 Å². The SMILES string of the molecule is CSCc1noc(CN[C@H](C)CCc2ccccc2)n1. The van der Waals surface area contributed by atoms with Gasteiger partial charge in [0.1, 0.15) is 0 Å². The summed E-state index contributed by atoms with van der Waals surface area (Å²) in [5, 5.41) is 7.35. The maximum absolute atomic E-state index is 5.19. The maximum atomic E-state index is 5.19. The average Bonchev–Trinajstić information content (AvgIpc) is 2.92. The zero-order valence-corrected chi connectivity index (χ0v) is 12.8. The van der Waals surface area contributed by atoms with E-state index in [-0.39, 0.29) is 0 Å². The van der Waals surface area contributed by atoms with Gasteiger partial charge in [0, 0.05) is 6.04 Å². The lowest BCUT2D eigenvalue weighted by molar-refractivity contribution is 0.354. The molecular weight excluding hydrogens is 270 g/mol. The van der Waals surface area contributed by atoms with Crippen molar-refractivity contribution in [3.05, 3.63) is 47.6 Å². The van der Waals surface area contributed by atoms with E-state index in [1.807, 2.05) is 12.3 Å². The van der Waals surface area contributed by atoms with Crippen molar-refractivity contribution in [2.75, 3.05) is 6.26 Å². The molecule has 1 aromatic heterocycles. The Balaban J connectivity index is 1.70. The van der Waals surface area contributed by atoms with Gasteiger partial charge in [0.05, 0.1) is 12.3 Å². The van der Waals surface area contributed by atoms with Crippen LogP contribution in [-0.2, 0) is 18.7 Å². The van der Waals surface area contributed by atoms with Crippen molar-refractivity contribution in [3.8, 4) is 0 Å². The fraction of sp³-hybridized carbons (Fsp3) is 0.467. The molecule has 0 bridgehead atoms. The highest BCUT2D eigenvalue weighted by molar-refractivity contribution is 7.97. The first-order chi connectivity index (χ1) is 9.78. The van der Waals surface area contributed by atoms with Gasteiger partial charge in [0.15, 0.2) is 5.82 Å². The molecule has 0 unspecified atom stereocenters. The zero-order valence-electron chi connectivity index (χ0n) is 12.0. The third-order valence-corrected chi connectivity index (χ3v) is 3.64. The summed E-state index contributed by atoms with van der Waals surface area (Å²) in [5.74, 6) is 2.24. The van der Waals surface area contributed by atoms with E-state index in [9.17, 15) is 0 Å². The minimum absolute atomic E-state index is 0.422. The van der Waals surface area contributed by atoms with Crippen LogP contribution in [0.1, 0.15) is 30.6 Å². The average molecular weight is 291 g/mol. The number of hydrogen-bond acceptors (Lipinski definition) is 5. The molecule has 0 aliphatic rings. The van der Waals surface area contributed by atoms with Crippen LogP contribution in [0.25, 0.3) is 0 Å². The van der Waals surface area contributed by atoms with Gasteiger partial charge in [0.2, 0.25) is 5.89 Å². The molecule has 0 amide bonds. The first-order valence-electron chi connectivity index (χ1n) is 6.85. The number of thioether (sulfide) groups is 1. The van der Waals surface area contributed by atoms with E-state index in [0.717, 1.165) is 24.4 Å². The summed E-state index contributed by atoms with van der Waals surface area (Å²) in [4.78, 5) is 4.33. The minimum Gasteiger partial charge on any atom is -0.338 e. The molecule has 1 aromatic carbocycles. The summed E-state index contributed by atoms with van der Waals surface area (Å²) in [6.45, 7) is 2.82. The van der Waals surface area contributed by atoms with Crippen LogP contribution in [0.3, 0.4) is 0 Å². The summed E-state index contributed by atoms with van der Waals surface area (Å²) in [7, 11) is 0. The summed E-state index contributed by atoms with van der Waals surface area (Å²) < 4.78 is 5.19. The molecule has 2 rings (SSSR count). The Morgan fingerprint density at radius 1 is 1.30 bits per heavy atom. The van der Waals surface area contributed by atoms with Crippen LogP contribution in [0.15, 0.2) is 34.9 Å². The topological polar surface area (TPSA) is 51.0 Å². The fourth-order valence-electron chi connectivity index (χ4n) is 1.94. The van der Waals surface area contributed by atoms with E-state index in [2.05, 4.69) is 46.6 Å². The molecule has 0 saturated carbocycles. The predicted molar refractivity (Wildman–Crippen MR) is 82.6 cm³/mol. The molecule has 1 atom stereocenters. The first kappa shape index (κ1) is 15.1. The highest BCUT2D eigenvalue weighted by atomic mass is 32.2. The number of rotatable bonds is 8. The molecule has 2 aromatic rings. The lowest BCUT2D eigenvalue weighted by Crippen LogP contribution is -2.26. The van der Waals surface area contributed by atoms with Crippen molar-refractivity contribution >= 4 is 11.8 Å². The number of benzene rings is 1. The normalized spacial score (nSPS) is 12.5. The molecule has 0 aliphatic carbocycles. The number of nitrogens with one attached hydrogen (secondary N) is 1. The molecule has 0 aliphatic heterocycles. The summed E-state index contributed by atoms with van der Waals surface area (Å²) in [6.07, 6.45) is 4.20. The molecule has 0 saturated heterocycles. The van der Waals surface area contributed by atoms with E-state index in [0.29, 0.717) is 18.5 Å². The fourth-order valence-corrected chi connectivity index (χ4v) is 2.32. The smallest absolute Gasteiger partial charge is 0.240 e. The lowest BCUT2D eigenvalue weighted by Gasteiger charge is -2.11. The second-order valence-electron chi connectivity index (χ2n) is 4.84. The van der Waals surface area contributed by atoms with E-state index in [4.69, 9.17) is 4.52 Å². The lowest BCUT2D eigenvalue weighted by atomic mass is 10.1. The second kappa shape index (κ2) is 8.07. The van der Waals surface area contributed by atoms with E-state index < -0.39 is 0 Å².